The zero-order valence-electron chi connectivity index (χ0n) is 12.1. The number of hydrogen-bond donors (Lipinski definition) is 0. The molecule has 0 bridgehead atoms. The van der Waals surface area contributed by atoms with Crippen LogP contribution in [-0.2, 0) is 53.2 Å². The Bertz CT molecular complexity index is 570. The first-order valence-electron chi connectivity index (χ1n) is 6.93. The van der Waals surface area contributed by atoms with Crippen LogP contribution in [0, 0.1) is 0 Å². The summed E-state index contributed by atoms with van der Waals surface area (Å²) >= 11 is 0. The Morgan fingerprint density at radius 3 is 2.50 bits per heavy atom. The molecule has 0 atom stereocenters. The average molecular weight is 377 g/mol. The number of nitrogens with zero attached hydrogens (tertiary/aromatic N) is 2. The van der Waals surface area contributed by atoms with Crippen LogP contribution in [0.25, 0.3) is 0 Å². The van der Waals surface area contributed by atoms with Gasteiger partial charge in [-0.3, -0.25) is 4.98 Å². The quantitative estimate of drug-likeness (QED) is 0.481. The van der Waals surface area contributed by atoms with Crippen molar-refractivity contribution in [1.29, 1.82) is 0 Å². The second-order valence-corrected chi connectivity index (χ2v) is 5.05. The van der Waals surface area contributed by atoms with Gasteiger partial charge in [-0.15, -0.1) is 0 Å². The Hall–Kier alpha value is -1.18. The van der Waals surface area contributed by atoms with Gasteiger partial charge in [0.15, 0.2) is 0 Å². The topological polar surface area (TPSA) is 16.1 Å². The number of aromatic nitrogens is 1. The maximum atomic E-state index is 4.44. The van der Waals surface area contributed by atoms with Gasteiger partial charge in [0.05, 0.1) is 5.69 Å². The number of rotatable bonds is 6. The largest absolute Gasteiger partial charge is 2.00 e. The van der Waals surface area contributed by atoms with E-state index in [0.717, 1.165) is 25.3 Å². The van der Waals surface area contributed by atoms with E-state index in [1.54, 1.807) is 0 Å². The second-order valence-electron chi connectivity index (χ2n) is 5.05. The molecule has 0 unspecified atom stereocenters. The Balaban J connectivity index is 0.00000121. The third-order valence-corrected chi connectivity index (χ3v) is 3.39. The van der Waals surface area contributed by atoms with Crippen LogP contribution in [0.2, 0.25) is 0 Å². The van der Waals surface area contributed by atoms with Crippen molar-refractivity contribution in [2.24, 2.45) is 0 Å². The summed E-state index contributed by atoms with van der Waals surface area (Å²) in [6.07, 6.45) is 1.86. The molecule has 1 aromatic heterocycles. The molecule has 0 aliphatic heterocycles. The molecule has 118 valence electrons. The fraction of sp³-hybridized carbons (Fsp3) is 0.167. The minimum atomic E-state index is 0. The van der Waals surface area contributed by atoms with Gasteiger partial charge in [0, 0.05) is 29.8 Å². The molecule has 0 fully saturated rings. The molecule has 2 nitrogen and oxygen atoms in total. The maximum absolute atomic E-state index is 4.44. The van der Waals surface area contributed by atoms with Gasteiger partial charge in [0.25, 0.3) is 0 Å². The van der Waals surface area contributed by atoms with E-state index in [1.165, 1.54) is 11.1 Å². The third-order valence-electron chi connectivity index (χ3n) is 3.39. The van der Waals surface area contributed by atoms with Crippen LogP contribution in [0.15, 0.2) is 72.9 Å². The molecule has 0 spiro atoms. The molecule has 0 amide bonds. The van der Waals surface area contributed by atoms with Crippen molar-refractivity contribution in [3.05, 3.63) is 89.7 Å². The van der Waals surface area contributed by atoms with Gasteiger partial charge in [-0.2, -0.15) is 41.5 Å². The van der Waals surface area contributed by atoms with Crippen LogP contribution >= 0.6 is 0 Å². The summed E-state index contributed by atoms with van der Waals surface area (Å²) in [7, 11) is 0. The molecule has 0 N–H and O–H groups in total. The Morgan fingerprint density at radius 1 is 0.955 bits per heavy atom. The summed E-state index contributed by atoms with van der Waals surface area (Å²) < 4.78 is 0. The molecule has 0 radical (unpaired) electrons. The SMILES string of the molecule is [Fe].[Ni+2].c1ccc(CN(Cc2cc[cH-]c2)Cc2ccc[cH-]2)nc1. The van der Waals surface area contributed by atoms with Crippen LogP contribution < -0.4 is 0 Å². The minimum absolute atomic E-state index is 0. The molecule has 3 aromatic rings. The fourth-order valence-electron chi connectivity index (χ4n) is 2.44. The predicted molar refractivity (Wildman–Crippen MR) is 81.3 cm³/mol. The van der Waals surface area contributed by atoms with Crippen LogP contribution in [0.5, 0.6) is 0 Å². The van der Waals surface area contributed by atoms with Crippen molar-refractivity contribution in [2.45, 2.75) is 19.6 Å². The summed E-state index contributed by atoms with van der Waals surface area (Å²) in [5, 5.41) is 0. The number of hydrogen-bond acceptors (Lipinski definition) is 2. The van der Waals surface area contributed by atoms with Gasteiger partial charge in [-0.1, -0.05) is 6.07 Å². The van der Waals surface area contributed by atoms with Gasteiger partial charge in [-0.05, 0) is 25.2 Å². The van der Waals surface area contributed by atoms with Crippen LogP contribution in [-0.4, -0.2) is 9.88 Å². The van der Waals surface area contributed by atoms with Gasteiger partial charge in [0.2, 0.25) is 0 Å². The monoisotopic (exact) mass is 376 g/mol. The second kappa shape index (κ2) is 9.76. The summed E-state index contributed by atoms with van der Waals surface area (Å²) in [5.74, 6) is 0. The molecule has 0 aliphatic rings. The zero-order valence-corrected chi connectivity index (χ0v) is 14.2. The molecular weight excluding hydrogens is 359 g/mol. The van der Waals surface area contributed by atoms with Gasteiger partial charge >= 0.3 is 16.5 Å². The molecule has 4 heteroatoms. The van der Waals surface area contributed by atoms with E-state index in [-0.39, 0.29) is 33.6 Å². The molecule has 3 rings (SSSR count). The predicted octanol–water partition coefficient (Wildman–Crippen LogP) is 3.72. The smallest absolute Gasteiger partial charge is 0.303 e. The van der Waals surface area contributed by atoms with Crippen LogP contribution in [0.1, 0.15) is 16.8 Å². The molecule has 1 heterocycles. The Labute approximate surface area is 152 Å². The standard InChI is InChI=1S/C18H18N2.Fe.Ni/c1-2-8-16(7-1)13-20(14-17-9-3-4-10-17)15-18-11-5-6-12-19-18;;/h1-12H,13-15H2;;/q-2;;+2. The maximum Gasteiger partial charge on any atom is 2.00 e. The van der Waals surface area contributed by atoms with Crippen molar-refractivity contribution in [2.75, 3.05) is 0 Å². The van der Waals surface area contributed by atoms with Crippen LogP contribution in [0.3, 0.4) is 0 Å². The molecule has 0 aliphatic carbocycles. The van der Waals surface area contributed by atoms with Gasteiger partial charge < -0.3 is 4.90 Å². The first-order chi connectivity index (χ1) is 9.90. The average Bonchev–Trinajstić information content (AvgIpc) is 3.13. The fourth-order valence-corrected chi connectivity index (χ4v) is 2.44. The minimum Gasteiger partial charge on any atom is -0.303 e. The molecular formula is C18H18FeN2Ni. The van der Waals surface area contributed by atoms with E-state index in [1.807, 2.05) is 18.3 Å². The van der Waals surface area contributed by atoms with Crippen molar-refractivity contribution in [3.63, 3.8) is 0 Å². The van der Waals surface area contributed by atoms with Gasteiger partial charge in [0.1, 0.15) is 0 Å². The number of pyridine rings is 1. The van der Waals surface area contributed by atoms with E-state index < -0.39 is 0 Å². The molecule has 0 saturated carbocycles. The van der Waals surface area contributed by atoms with Gasteiger partial charge in [-0.25, -0.2) is 18.2 Å². The van der Waals surface area contributed by atoms with E-state index >= 15 is 0 Å². The Kier molecular flexibility index (Phi) is 8.37. The Morgan fingerprint density at radius 2 is 1.86 bits per heavy atom. The molecule has 22 heavy (non-hydrogen) atoms. The summed E-state index contributed by atoms with van der Waals surface area (Å²) in [4.78, 5) is 6.86. The van der Waals surface area contributed by atoms with Crippen molar-refractivity contribution >= 4 is 0 Å². The first-order valence-corrected chi connectivity index (χ1v) is 6.93. The zero-order chi connectivity index (χ0) is 13.6. The summed E-state index contributed by atoms with van der Waals surface area (Å²) in [5.41, 5.74) is 3.82. The summed E-state index contributed by atoms with van der Waals surface area (Å²) in [6, 6.07) is 23.2. The van der Waals surface area contributed by atoms with Crippen LogP contribution in [0.4, 0.5) is 0 Å². The van der Waals surface area contributed by atoms with E-state index in [9.17, 15) is 0 Å². The normalized spacial score (nSPS) is 10.0. The molecule has 2 aromatic carbocycles. The van der Waals surface area contributed by atoms with E-state index in [4.69, 9.17) is 0 Å². The van der Waals surface area contributed by atoms with Crippen molar-refractivity contribution in [1.82, 2.24) is 9.88 Å². The van der Waals surface area contributed by atoms with Crippen molar-refractivity contribution in [3.8, 4) is 0 Å². The summed E-state index contributed by atoms with van der Waals surface area (Å²) in [6.45, 7) is 2.78. The van der Waals surface area contributed by atoms with E-state index in [0.29, 0.717) is 0 Å². The first kappa shape index (κ1) is 18.9. The third kappa shape index (κ3) is 5.55. The van der Waals surface area contributed by atoms with Crippen molar-refractivity contribution < 1.29 is 33.6 Å². The van der Waals surface area contributed by atoms with E-state index in [2.05, 4.69) is 64.5 Å². The molecule has 0 saturated heterocycles.